The molecule has 2 rings (SSSR count). The van der Waals surface area contributed by atoms with Gasteiger partial charge < -0.3 is 11.1 Å². The first-order chi connectivity index (χ1) is 9.60. The lowest BCUT2D eigenvalue weighted by Crippen LogP contribution is -2.27. The predicted molar refractivity (Wildman–Crippen MR) is 83.3 cm³/mol. The molecule has 5 heteroatoms. The van der Waals surface area contributed by atoms with Gasteiger partial charge >= 0.3 is 0 Å². The van der Waals surface area contributed by atoms with E-state index in [0.29, 0.717) is 15.7 Å². The van der Waals surface area contributed by atoms with E-state index in [1.807, 2.05) is 30.3 Å². The van der Waals surface area contributed by atoms with Gasteiger partial charge in [-0.05, 0) is 23.8 Å². The maximum Gasteiger partial charge on any atom is 0.233 e. The van der Waals surface area contributed by atoms with E-state index >= 15 is 0 Å². The molecule has 3 N–H and O–H groups in total. The van der Waals surface area contributed by atoms with Gasteiger partial charge in [0.1, 0.15) is 0 Å². The Morgan fingerprint density at radius 1 is 1.10 bits per heavy atom. The van der Waals surface area contributed by atoms with Crippen LogP contribution in [0.4, 0.5) is 5.69 Å². The van der Waals surface area contributed by atoms with E-state index in [1.165, 1.54) is 0 Å². The fraction of sp³-hybridized carbons (Fsp3) is 0.133. The quantitative estimate of drug-likeness (QED) is 0.905. The van der Waals surface area contributed by atoms with Gasteiger partial charge in [-0.15, -0.1) is 0 Å². The zero-order valence-electron chi connectivity index (χ0n) is 10.6. The van der Waals surface area contributed by atoms with Crippen molar-refractivity contribution in [1.82, 2.24) is 0 Å². The van der Waals surface area contributed by atoms with Crippen molar-refractivity contribution in [3.05, 3.63) is 64.1 Å². The smallest absolute Gasteiger partial charge is 0.233 e. The Kier molecular flexibility index (Phi) is 5.01. The van der Waals surface area contributed by atoms with Crippen molar-refractivity contribution in [2.75, 3.05) is 11.9 Å². The standard InChI is InChI=1S/C15H14Cl2N2O/c16-11-6-12(17)8-13(7-11)19-15(20)14(9-18)10-4-2-1-3-5-10/h1-8,14H,9,18H2,(H,19,20). The summed E-state index contributed by atoms with van der Waals surface area (Å²) in [6.07, 6.45) is 0. The van der Waals surface area contributed by atoms with Crippen LogP contribution >= 0.6 is 23.2 Å². The molecule has 0 heterocycles. The second kappa shape index (κ2) is 6.75. The van der Waals surface area contributed by atoms with Crippen molar-refractivity contribution in [2.24, 2.45) is 5.73 Å². The Morgan fingerprint density at radius 3 is 2.25 bits per heavy atom. The Morgan fingerprint density at radius 2 is 1.70 bits per heavy atom. The molecule has 0 saturated carbocycles. The maximum absolute atomic E-state index is 12.3. The molecular formula is C15H14Cl2N2O. The summed E-state index contributed by atoms with van der Waals surface area (Å²) in [7, 11) is 0. The number of benzene rings is 2. The minimum Gasteiger partial charge on any atom is -0.329 e. The normalized spacial score (nSPS) is 11.9. The van der Waals surface area contributed by atoms with Gasteiger partial charge in [-0.3, -0.25) is 4.79 Å². The van der Waals surface area contributed by atoms with Crippen LogP contribution in [0.15, 0.2) is 48.5 Å². The molecule has 0 aromatic heterocycles. The predicted octanol–water partition coefficient (Wildman–Crippen LogP) is 3.67. The van der Waals surface area contributed by atoms with E-state index in [0.717, 1.165) is 5.56 Å². The first kappa shape index (κ1) is 14.9. The number of carbonyl (C=O) groups is 1. The van der Waals surface area contributed by atoms with E-state index in [4.69, 9.17) is 28.9 Å². The summed E-state index contributed by atoms with van der Waals surface area (Å²) in [6.45, 7) is 0.226. The third kappa shape index (κ3) is 3.73. The zero-order valence-corrected chi connectivity index (χ0v) is 12.2. The van der Waals surface area contributed by atoms with Gasteiger partial charge in [0.05, 0.1) is 5.92 Å². The number of rotatable bonds is 4. The van der Waals surface area contributed by atoms with E-state index in [1.54, 1.807) is 18.2 Å². The SMILES string of the molecule is NCC(C(=O)Nc1cc(Cl)cc(Cl)c1)c1ccccc1. The number of halogens is 2. The Labute approximate surface area is 127 Å². The summed E-state index contributed by atoms with van der Waals surface area (Å²) in [4.78, 5) is 12.3. The van der Waals surface area contributed by atoms with Crippen LogP contribution in [0.2, 0.25) is 10.0 Å². The van der Waals surface area contributed by atoms with Gasteiger partial charge in [0, 0.05) is 22.3 Å². The molecule has 0 spiro atoms. The van der Waals surface area contributed by atoms with E-state index in [-0.39, 0.29) is 12.5 Å². The van der Waals surface area contributed by atoms with Crippen molar-refractivity contribution >= 4 is 34.8 Å². The number of anilines is 1. The number of amides is 1. The largest absolute Gasteiger partial charge is 0.329 e. The van der Waals surface area contributed by atoms with E-state index < -0.39 is 5.92 Å². The topological polar surface area (TPSA) is 55.1 Å². The molecule has 0 saturated heterocycles. The summed E-state index contributed by atoms with van der Waals surface area (Å²) in [5, 5.41) is 3.72. The van der Waals surface area contributed by atoms with Crippen molar-refractivity contribution in [3.8, 4) is 0 Å². The molecule has 0 radical (unpaired) electrons. The summed E-state index contributed by atoms with van der Waals surface area (Å²) >= 11 is 11.8. The van der Waals surface area contributed by atoms with Crippen molar-refractivity contribution in [3.63, 3.8) is 0 Å². The van der Waals surface area contributed by atoms with Crippen LogP contribution in [0.1, 0.15) is 11.5 Å². The zero-order chi connectivity index (χ0) is 14.5. The fourth-order valence-electron chi connectivity index (χ4n) is 1.94. The highest BCUT2D eigenvalue weighted by molar-refractivity contribution is 6.35. The fourth-order valence-corrected chi connectivity index (χ4v) is 2.46. The molecule has 1 unspecified atom stereocenters. The lowest BCUT2D eigenvalue weighted by Gasteiger charge is -2.15. The lowest BCUT2D eigenvalue weighted by atomic mass is 9.98. The van der Waals surface area contributed by atoms with Crippen LogP contribution < -0.4 is 11.1 Å². The van der Waals surface area contributed by atoms with E-state index in [9.17, 15) is 4.79 Å². The number of carbonyl (C=O) groups excluding carboxylic acids is 1. The molecule has 2 aromatic carbocycles. The molecule has 1 amide bonds. The van der Waals surface area contributed by atoms with Gasteiger partial charge in [-0.1, -0.05) is 53.5 Å². The molecule has 0 aliphatic carbocycles. The minimum absolute atomic E-state index is 0.183. The third-order valence-electron chi connectivity index (χ3n) is 2.88. The van der Waals surface area contributed by atoms with E-state index in [2.05, 4.69) is 5.32 Å². The first-order valence-corrected chi connectivity index (χ1v) is 6.87. The molecule has 104 valence electrons. The highest BCUT2D eigenvalue weighted by atomic mass is 35.5. The van der Waals surface area contributed by atoms with Crippen LogP contribution in [0.3, 0.4) is 0 Å². The summed E-state index contributed by atoms with van der Waals surface area (Å²) < 4.78 is 0. The molecule has 1 atom stereocenters. The number of hydrogen-bond donors (Lipinski definition) is 2. The summed E-state index contributed by atoms with van der Waals surface area (Å²) in [5.41, 5.74) is 7.14. The van der Waals surface area contributed by atoms with Gasteiger partial charge in [0.2, 0.25) is 5.91 Å². The Hall–Kier alpha value is -1.55. The van der Waals surface area contributed by atoms with Crippen molar-refractivity contribution in [2.45, 2.75) is 5.92 Å². The molecular weight excluding hydrogens is 295 g/mol. The molecule has 20 heavy (non-hydrogen) atoms. The Balaban J connectivity index is 2.18. The van der Waals surface area contributed by atoms with Crippen molar-refractivity contribution < 1.29 is 4.79 Å². The van der Waals surface area contributed by atoms with Crippen LogP contribution in [-0.4, -0.2) is 12.5 Å². The van der Waals surface area contributed by atoms with Gasteiger partial charge in [0.15, 0.2) is 0 Å². The van der Waals surface area contributed by atoms with Gasteiger partial charge in [-0.25, -0.2) is 0 Å². The number of nitrogens with one attached hydrogen (secondary N) is 1. The summed E-state index contributed by atoms with van der Waals surface area (Å²) in [6, 6.07) is 14.3. The highest BCUT2D eigenvalue weighted by Gasteiger charge is 2.19. The molecule has 0 fully saturated rings. The molecule has 0 aliphatic rings. The minimum atomic E-state index is -0.408. The van der Waals surface area contributed by atoms with Crippen LogP contribution in [0.5, 0.6) is 0 Å². The number of nitrogens with two attached hydrogens (primary N) is 1. The van der Waals surface area contributed by atoms with Crippen molar-refractivity contribution in [1.29, 1.82) is 0 Å². The molecule has 0 aliphatic heterocycles. The second-order valence-electron chi connectivity index (χ2n) is 4.35. The first-order valence-electron chi connectivity index (χ1n) is 6.12. The monoisotopic (exact) mass is 308 g/mol. The van der Waals surface area contributed by atoms with Crippen LogP contribution in [0, 0.1) is 0 Å². The molecule has 2 aromatic rings. The van der Waals surface area contributed by atoms with Gasteiger partial charge in [0.25, 0.3) is 0 Å². The van der Waals surface area contributed by atoms with Crippen LogP contribution in [0.25, 0.3) is 0 Å². The molecule has 0 bridgehead atoms. The molecule has 3 nitrogen and oxygen atoms in total. The summed E-state index contributed by atoms with van der Waals surface area (Å²) in [5.74, 6) is -0.592. The number of hydrogen-bond acceptors (Lipinski definition) is 2. The average Bonchev–Trinajstić information content (AvgIpc) is 2.39. The third-order valence-corrected chi connectivity index (χ3v) is 3.32. The maximum atomic E-state index is 12.3. The second-order valence-corrected chi connectivity index (χ2v) is 5.22. The van der Waals surface area contributed by atoms with Crippen LogP contribution in [-0.2, 0) is 4.79 Å². The Bertz CT molecular complexity index is 582. The van der Waals surface area contributed by atoms with Gasteiger partial charge in [-0.2, -0.15) is 0 Å². The highest BCUT2D eigenvalue weighted by Crippen LogP contribution is 2.24. The lowest BCUT2D eigenvalue weighted by molar-refractivity contribution is -0.117. The average molecular weight is 309 g/mol.